The lowest BCUT2D eigenvalue weighted by Crippen LogP contribution is -2.53. The van der Waals surface area contributed by atoms with Crippen molar-refractivity contribution in [2.24, 2.45) is 0 Å². The minimum Gasteiger partial charge on any atom is -0.550 e. The maximum Gasteiger partial charge on any atom is 0.309 e. The van der Waals surface area contributed by atoms with Gasteiger partial charge in [-0.3, -0.25) is 9.59 Å². The summed E-state index contributed by atoms with van der Waals surface area (Å²) in [6, 6.07) is 0. The summed E-state index contributed by atoms with van der Waals surface area (Å²) in [5, 5.41) is 29.3. The van der Waals surface area contributed by atoms with Crippen molar-refractivity contribution in [2.45, 2.75) is 142 Å². The molecule has 0 aromatic heterocycles. The normalized spacial score (nSPS) is 11.8. The first-order chi connectivity index (χ1) is 18.3. The number of allylic oxidation sites excluding steroid dienone is 2. The van der Waals surface area contributed by atoms with E-state index in [9.17, 15) is 19.5 Å². The minimum absolute atomic E-state index is 0.0936. The number of aliphatic carboxylic acids is 3. The maximum atomic E-state index is 11.1. The highest BCUT2D eigenvalue weighted by molar-refractivity contribution is 5.67. The van der Waals surface area contributed by atoms with Gasteiger partial charge in [0.2, 0.25) is 0 Å². The second-order valence-electron chi connectivity index (χ2n) is 11.0. The maximum absolute atomic E-state index is 11.1. The highest BCUT2D eigenvalue weighted by Crippen LogP contribution is 2.17. The van der Waals surface area contributed by atoms with Gasteiger partial charge in [-0.25, -0.2) is 0 Å². The molecule has 0 amide bonds. The van der Waals surface area contributed by atoms with Crippen LogP contribution in [0.4, 0.5) is 0 Å². The van der Waals surface area contributed by atoms with Crippen molar-refractivity contribution < 1.29 is 34.2 Å². The van der Waals surface area contributed by atoms with Crippen LogP contribution >= 0.6 is 0 Å². The Bertz CT molecular complexity index is 588. The molecule has 0 spiro atoms. The summed E-state index contributed by atoms with van der Waals surface area (Å²) < 4.78 is 0.225. The molecule has 0 unspecified atom stereocenters. The summed E-state index contributed by atoms with van der Waals surface area (Å²) >= 11 is 0. The lowest BCUT2D eigenvalue weighted by Gasteiger charge is -2.38. The van der Waals surface area contributed by atoms with Gasteiger partial charge in [0, 0.05) is 12.4 Å². The average Bonchev–Trinajstić information content (AvgIpc) is 2.88. The lowest BCUT2D eigenvalue weighted by atomic mass is 10.0. The van der Waals surface area contributed by atoms with Crippen LogP contribution in [0.2, 0.25) is 0 Å². The fraction of sp³-hybridized carbons (Fsp3) is 0.839. The number of carboxylic acids is 3. The van der Waals surface area contributed by atoms with Crippen LogP contribution in [0.5, 0.6) is 0 Å². The average molecular weight is 540 g/mol. The Kier molecular flexibility index (Phi) is 24.1. The first-order valence-corrected chi connectivity index (χ1v) is 15.4. The molecule has 0 rings (SSSR count). The number of carbonyl (C=O) groups is 3. The molecule has 0 radical (unpaired) electrons. The molecule has 0 aliphatic heterocycles. The van der Waals surface area contributed by atoms with Gasteiger partial charge in [0.1, 0.15) is 0 Å². The van der Waals surface area contributed by atoms with Crippen LogP contribution in [0.15, 0.2) is 12.2 Å². The van der Waals surface area contributed by atoms with Crippen LogP contribution in [0.1, 0.15) is 142 Å². The first kappa shape index (κ1) is 36.1. The van der Waals surface area contributed by atoms with E-state index in [1.54, 1.807) is 0 Å². The molecule has 0 aromatic rings. The van der Waals surface area contributed by atoms with E-state index < -0.39 is 17.9 Å². The highest BCUT2D eigenvalue weighted by Gasteiger charge is 2.28. The fourth-order valence-electron chi connectivity index (χ4n) is 5.07. The molecule has 7 nitrogen and oxygen atoms in total. The molecule has 0 fully saturated rings. The second kappa shape index (κ2) is 25.4. The molecular formula is C31H57NO6. The molecule has 0 atom stereocenters. The first-order valence-electron chi connectivity index (χ1n) is 15.4. The SMILES string of the molecule is CCC/C=C/CCCCCCCCCCCCCCCCC[N+](CCC(=O)[O-])(CCC(=O)O)CCC(=O)O. The number of quaternary nitrogens is 1. The number of nitrogens with zero attached hydrogens (tertiary/aromatic N) is 1. The summed E-state index contributed by atoms with van der Waals surface area (Å²) in [5.74, 6) is -3.07. The van der Waals surface area contributed by atoms with E-state index in [1.807, 2.05) is 0 Å². The Morgan fingerprint density at radius 3 is 1.32 bits per heavy atom. The number of hydrogen-bond acceptors (Lipinski definition) is 4. The van der Waals surface area contributed by atoms with Crippen molar-refractivity contribution in [3.8, 4) is 0 Å². The number of carbonyl (C=O) groups excluding carboxylic acids is 1. The quantitative estimate of drug-likeness (QED) is 0.0638. The van der Waals surface area contributed by atoms with E-state index in [0.29, 0.717) is 6.54 Å². The van der Waals surface area contributed by atoms with E-state index >= 15 is 0 Å². The lowest BCUT2D eigenvalue weighted by molar-refractivity contribution is -0.927. The zero-order chi connectivity index (χ0) is 28.3. The molecule has 0 saturated heterocycles. The predicted molar refractivity (Wildman–Crippen MR) is 152 cm³/mol. The molecule has 0 saturated carbocycles. The van der Waals surface area contributed by atoms with Gasteiger partial charge in [-0.15, -0.1) is 0 Å². The summed E-state index contributed by atoms with van der Waals surface area (Å²) in [7, 11) is 0. The standard InChI is InChI=1S/C31H57NO6/c1-2-3-4-5-6-7-8-9-10-11-12-13-14-15-16-17-18-19-20-21-25-32(26-22-29(33)34,27-23-30(35)36)28-24-31(37)38/h4-5H,2-3,6-28H2,1H3,(H2-,33,34,35,36,37,38)/b5-4+. The van der Waals surface area contributed by atoms with Crippen molar-refractivity contribution in [1.29, 1.82) is 0 Å². The van der Waals surface area contributed by atoms with Crippen molar-refractivity contribution in [3.05, 3.63) is 12.2 Å². The van der Waals surface area contributed by atoms with Gasteiger partial charge in [-0.05, 0) is 32.1 Å². The Morgan fingerprint density at radius 2 is 0.921 bits per heavy atom. The van der Waals surface area contributed by atoms with Crippen LogP contribution in [0.3, 0.4) is 0 Å². The van der Waals surface area contributed by atoms with Gasteiger partial charge in [0.05, 0.1) is 39.0 Å². The molecule has 2 N–H and O–H groups in total. The van der Waals surface area contributed by atoms with Crippen LogP contribution in [0.25, 0.3) is 0 Å². The van der Waals surface area contributed by atoms with E-state index in [4.69, 9.17) is 10.2 Å². The Morgan fingerprint density at radius 1 is 0.553 bits per heavy atom. The Balaban J connectivity index is 3.88. The third kappa shape index (κ3) is 24.4. The smallest absolute Gasteiger partial charge is 0.309 e. The minimum atomic E-state index is -1.18. The topological polar surface area (TPSA) is 115 Å². The highest BCUT2D eigenvalue weighted by atomic mass is 16.4. The molecule has 7 heteroatoms. The number of unbranched alkanes of at least 4 members (excludes halogenated alkanes) is 16. The third-order valence-corrected chi connectivity index (χ3v) is 7.52. The molecule has 0 aromatic carbocycles. The second-order valence-corrected chi connectivity index (χ2v) is 11.0. The molecule has 0 heterocycles. The van der Waals surface area contributed by atoms with Gasteiger partial charge in [0.15, 0.2) is 0 Å². The van der Waals surface area contributed by atoms with Crippen LogP contribution in [-0.2, 0) is 14.4 Å². The fourth-order valence-corrected chi connectivity index (χ4v) is 5.07. The molecule has 0 aliphatic carbocycles. The van der Waals surface area contributed by atoms with Crippen LogP contribution in [0, 0.1) is 0 Å². The van der Waals surface area contributed by atoms with Gasteiger partial charge in [-0.2, -0.15) is 0 Å². The van der Waals surface area contributed by atoms with E-state index in [1.165, 1.54) is 96.3 Å². The summed E-state index contributed by atoms with van der Waals surface area (Å²) in [5.41, 5.74) is 0. The number of hydrogen-bond donors (Lipinski definition) is 2. The summed E-state index contributed by atoms with van der Waals surface area (Å²) in [6.45, 7) is 3.57. The molecule has 38 heavy (non-hydrogen) atoms. The predicted octanol–water partition coefficient (Wildman–Crippen LogP) is 6.49. The largest absolute Gasteiger partial charge is 0.550 e. The summed E-state index contributed by atoms with van der Waals surface area (Å²) in [6.07, 6.45) is 26.8. The van der Waals surface area contributed by atoms with E-state index in [0.717, 1.165) is 19.3 Å². The zero-order valence-electron chi connectivity index (χ0n) is 24.3. The molecule has 0 aliphatic rings. The molecule has 222 valence electrons. The van der Waals surface area contributed by atoms with Crippen LogP contribution in [-0.4, -0.2) is 58.8 Å². The van der Waals surface area contributed by atoms with E-state index in [-0.39, 0.29) is 43.4 Å². The Hall–Kier alpha value is -1.89. The van der Waals surface area contributed by atoms with Gasteiger partial charge in [-0.1, -0.05) is 103 Å². The van der Waals surface area contributed by atoms with E-state index in [2.05, 4.69) is 19.1 Å². The molecule has 0 bridgehead atoms. The van der Waals surface area contributed by atoms with Crippen molar-refractivity contribution in [3.63, 3.8) is 0 Å². The Labute approximate surface area is 232 Å². The van der Waals surface area contributed by atoms with Gasteiger partial charge < -0.3 is 24.6 Å². The van der Waals surface area contributed by atoms with Crippen molar-refractivity contribution in [1.82, 2.24) is 0 Å². The monoisotopic (exact) mass is 539 g/mol. The zero-order valence-corrected chi connectivity index (χ0v) is 24.3. The van der Waals surface area contributed by atoms with Gasteiger partial charge >= 0.3 is 11.9 Å². The van der Waals surface area contributed by atoms with Crippen molar-refractivity contribution >= 4 is 17.9 Å². The molecular weight excluding hydrogens is 482 g/mol. The van der Waals surface area contributed by atoms with Gasteiger partial charge in [0.25, 0.3) is 0 Å². The number of carboxylic acid groups (broad SMARTS) is 3. The summed E-state index contributed by atoms with van der Waals surface area (Å²) in [4.78, 5) is 33.3. The third-order valence-electron chi connectivity index (χ3n) is 7.52. The van der Waals surface area contributed by atoms with Crippen LogP contribution < -0.4 is 5.11 Å². The number of rotatable bonds is 29. The van der Waals surface area contributed by atoms with Crippen molar-refractivity contribution in [2.75, 3.05) is 26.2 Å².